The molecule has 0 radical (unpaired) electrons. The van der Waals surface area contributed by atoms with Crippen LogP contribution in [-0.4, -0.2) is 92.1 Å². The molecule has 63 heavy (non-hydrogen) atoms. The molecule has 0 rings (SSSR count). The van der Waals surface area contributed by atoms with Crippen molar-refractivity contribution in [1.29, 1.82) is 0 Å². The number of nitrogens with two attached hydrogens (primary N) is 3. The molecule has 11 nitrogen and oxygen atoms in total. The largest absolute Gasteiger partial charge is 0.466 e. The third-order valence-electron chi connectivity index (χ3n) is 13.6. The molecule has 0 saturated heterocycles. The van der Waals surface area contributed by atoms with E-state index >= 15 is 0 Å². The van der Waals surface area contributed by atoms with Crippen LogP contribution in [0.1, 0.15) is 206 Å². The molecule has 0 bridgehead atoms. The highest BCUT2D eigenvalue weighted by Crippen LogP contribution is 2.47. The average Bonchev–Trinajstić information content (AvgIpc) is 3.15. The first-order chi connectivity index (χ1) is 29.2. The lowest BCUT2D eigenvalue weighted by molar-refractivity contribution is -0.146. The van der Waals surface area contributed by atoms with E-state index in [4.69, 9.17) is 26.7 Å². The minimum Gasteiger partial charge on any atom is -0.466 e. The molecule has 0 spiro atoms. The quantitative estimate of drug-likeness (QED) is 0.0409. The van der Waals surface area contributed by atoms with Crippen LogP contribution in [0, 0.1) is 45.3 Å². The van der Waals surface area contributed by atoms with Gasteiger partial charge in [0.25, 0.3) is 0 Å². The van der Waals surface area contributed by atoms with E-state index in [-0.39, 0.29) is 65.9 Å². The van der Waals surface area contributed by atoms with Crippen molar-refractivity contribution < 1.29 is 28.7 Å². The number of carbonyl (C=O) groups is 4. The summed E-state index contributed by atoms with van der Waals surface area (Å²) in [7, 11) is 0. The van der Waals surface area contributed by atoms with Gasteiger partial charge in [0.1, 0.15) is 0 Å². The summed E-state index contributed by atoms with van der Waals surface area (Å²) in [5.41, 5.74) is 18.4. The Morgan fingerprint density at radius 3 is 1.60 bits per heavy atom. The van der Waals surface area contributed by atoms with Crippen LogP contribution in [0.3, 0.4) is 0 Å². The van der Waals surface area contributed by atoms with Crippen molar-refractivity contribution in [3.63, 3.8) is 0 Å². The maximum absolute atomic E-state index is 13.6. The summed E-state index contributed by atoms with van der Waals surface area (Å²) in [6.07, 6.45) is 12.4. The molecule has 4 unspecified atom stereocenters. The summed E-state index contributed by atoms with van der Waals surface area (Å²) in [5.74, 6) is 1.42. The standard InChI is InChI=1S/C52H103N5O6/c1-40(2)36-51(11,12)52(13,14)37-41(3)26-34-62-46(59)24-32-56(45(58)23-16-15-18-28-53)30-20-21-31-57(48(61)44(55)22-17-19-29-54)33-25-47(60)63-35-27-50(9,10)39-43(5)42(4)38-49(6,7)8/h40-44H,15-39,53-55H2,1-14H3. The van der Waals surface area contributed by atoms with E-state index < -0.39 is 6.04 Å². The number of ether oxygens (including phenoxy) is 2. The maximum Gasteiger partial charge on any atom is 0.307 e. The minimum absolute atomic E-state index is 0.00865. The fourth-order valence-corrected chi connectivity index (χ4v) is 9.22. The van der Waals surface area contributed by atoms with Gasteiger partial charge in [-0.1, -0.05) is 110 Å². The highest BCUT2D eigenvalue weighted by molar-refractivity contribution is 5.82. The van der Waals surface area contributed by atoms with Crippen molar-refractivity contribution in [3.05, 3.63) is 0 Å². The molecule has 0 saturated carbocycles. The molecule has 11 heteroatoms. The lowest BCUT2D eigenvalue weighted by Crippen LogP contribution is -2.45. The smallest absolute Gasteiger partial charge is 0.307 e. The van der Waals surface area contributed by atoms with E-state index in [2.05, 4.69) is 96.9 Å². The minimum atomic E-state index is -0.681. The Morgan fingerprint density at radius 1 is 0.540 bits per heavy atom. The summed E-state index contributed by atoms with van der Waals surface area (Å²) in [4.78, 5) is 56.4. The Hall–Kier alpha value is -2.24. The Morgan fingerprint density at radius 2 is 1.05 bits per heavy atom. The topological polar surface area (TPSA) is 171 Å². The van der Waals surface area contributed by atoms with Gasteiger partial charge < -0.3 is 36.5 Å². The van der Waals surface area contributed by atoms with Crippen LogP contribution in [-0.2, 0) is 28.7 Å². The first-order valence-electron chi connectivity index (χ1n) is 25.2. The Labute approximate surface area is 388 Å². The molecule has 0 aliphatic carbocycles. The van der Waals surface area contributed by atoms with Crippen LogP contribution in [0.5, 0.6) is 0 Å². The lowest BCUT2D eigenvalue weighted by Gasteiger charge is -2.44. The maximum atomic E-state index is 13.6. The van der Waals surface area contributed by atoms with Crippen LogP contribution in [0.25, 0.3) is 0 Å². The van der Waals surface area contributed by atoms with Crippen LogP contribution in [0.2, 0.25) is 0 Å². The van der Waals surface area contributed by atoms with E-state index in [1.54, 1.807) is 9.80 Å². The normalized spacial score (nSPS) is 14.6. The van der Waals surface area contributed by atoms with Crippen molar-refractivity contribution in [2.75, 3.05) is 52.5 Å². The Kier molecular flexibility index (Phi) is 29.8. The van der Waals surface area contributed by atoms with E-state index in [1.807, 2.05) is 0 Å². The van der Waals surface area contributed by atoms with Crippen molar-refractivity contribution in [2.45, 2.75) is 212 Å². The van der Waals surface area contributed by atoms with Gasteiger partial charge in [-0.15, -0.1) is 0 Å². The third kappa shape index (κ3) is 28.4. The van der Waals surface area contributed by atoms with Gasteiger partial charge >= 0.3 is 11.9 Å². The monoisotopic (exact) mass is 894 g/mol. The number of rotatable bonds is 36. The van der Waals surface area contributed by atoms with Gasteiger partial charge in [0, 0.05) is 32.6 Å². The number of unbranched alkanes of at least 4 members (excludes halogenated alkanes) is 4. The number of hydrogen-bond acceptors (Lipinski definition) is 9. The van der Waals surface area contributed by atoms with E-state index in [9.17, 15) is 19.2 Å². The van der Waals surface area contributed by atoms with Gasteiger partial charge in [0.15, 0.2) is 0 Å². The predicted octanol–water partition coefficient (Wildman–Crippen LogP) is 10.3. The summed E-state index contributed by atoms with van der Waals surface area (Å²) in [5, 5.41) is 0. The molecule has 0 aromatic rings. The first kappa shape index (κ1) is 60.8. The Balaban J connectivity index is 5.41. The third-order valence-corrected chi connectivity index (χ3v) is 13.6. The van der Waals surface area contributed by atoms with E-state index in [1.165, 1.54) is 6.42 Å². The highest BCUT2D eigenvalue weighted by atomic mass is 16.5. The highest BCUT2D eigenvalue weighted by Gasteiger charge is 2.38. The van der Waals surface area contributed by atoms with Crippen molar-refractivity contribution in [1.82, 2.24) is 9.80 Å². The van der Waals surface area contributed by atoms with Crippen LogP contribution < -0.4 is 17.2 Å². The van der Waals surface area contributed by atoms with E-state index in [0.29, 0.717) is 94.2 Å². The van der Waals surface area contributed by atoms with Crippen molar-refractivity contribution >= 4 is 23.8 Å². The zero-order chi connectivity index (χ0) is 48.4. The zero-order valence-corrected chi connectivity index (χ0v) is 43.6. The van der Waals surface area contributed by atoms with Gasteiger partial charge in [-0.25, -0.2) is 0 Å². The molecular weight excluding hydrogens is 791 g/mol. The first-order valence-corrected chi connectivity index (χ1v) is 25.2. The second-order valence-corrected chi connectivity index (χ2v) is 23.1. The number of hydrogen-bond donors (Lipinski definition) is 3. The second-order valence-electron chi connectivity index (χ2n) is 23.1. The number of amides is 2. The molecule has 0 aliphatic heterocycles. The average molecular weight is 894 g/mol. The van der Waals surface area contributed by atoms with Crippen molar-refractivity contribution in [2.24, 2.45) is 62.5 Å². The predicted molar refractivity (Wildman–Crippen MR) is 263 cm³/mol. The second kappa shape index (κ2) is 30.9. The SMILES string of the molecule is CC(C)CC(C)(C)C(C)(C)CC(C)CCOC(=O)CCN(CCCCN(CCC(=O)OCCC(C)(C)CC(C)C(C)CC(C)(C)C)C(=O)C(N)CCCCN)C(=O)CCCCCN. The van der Waals surface area contributed by atoms with Crippen LogP contribution >= 0.6 is 0 Å². The molecule has 6 N–H and O–H groups in total. The van der Waals surface area contributed by atoms with Crippen LogP contribution in [0.15, 0.2) is 0 Å². The molecule has 2 amide bonds. The molecule has 4 atom stereocenters. The molecular formula is C52H103N5O6. The summed E-state index contributed by atoms with van der Waals surface area (Å²) in [6.45, 7) is 35.4. The van der Waals surface area contributed by atoms with Gasteiger partial charge in [0.05, 0.1) is 32.1 Å². The fraction of sp³-hybridized carbons (Fsp3) is 0.923. The fourth-order valence-electron chi connectivity index (χ4n) is 9.22. The molecule has 0 heterocycles. The number of esters is 2. The molecule has 0 fully saturated rings. The van der Waals surface area contributed by atoms with Gasteiger partial charge in [-0.05, 0) is 135 Å². The molecule has 0 aromatic heterocycles. The summed E-state index contributed by atoms with van der Waals surface area (Å²) < 4.78 is 11.4. The zero-order valence-electron chi connectivity index (χ0n) is 43.6. The summed E-state index contributed by atoms with van der Waals surface area (Å²) in [6, 6.07) is -0.681. The van der Waals surface area contributed by atoms with Crippen LogP contribution in [0.4, 0.5) is 0 Å². The molecule has 0 aromatic carbocycles. The van der Waals surface area contributed by atoms with Crippen molar-refractivity contribution in [3.8, 4) is 0 Å². The molecule has 372 valence electrons. The van der Waals surface area contributed by atoms with Gasteiger partial charge in [-0.2, -0.15) is 0 Å². The van der Waals surface area contributed by atoms with Gasteiger partial charge in [0.2, 0.25) is 11.8 Å². The van der Waals surface area contributed by atoms with E-state index in [0.717, 1.165) is 64.2 Å². The lowest BCUT2D eigenvalue weighted by atomic mass is 9.61. The van der Waals surface area contributed by atoms with Gasteiger partial charge in [-0.3, -0.25) is 19.2 Å². The summed E-state index contributed by atoms with van der Waals surface area (Å²) >= 11 is 0. The number of nitrogens with zero attached hydrogens (tertiary/aromatic N) is 2. The Bertz CT molecular complexity index is 1280. The molecule has 0 aliphatic rings. The number of carbonyl (C=O) groups excluding carboxylic acids is 4.